The van der Waals surface area contributed by atoms with E-state index in [1.807, 2.05) is 37.2 Å². The van der Waals surface area contributed by atoms with Crippen LogP contribution in [0.1, 0.15) is 16.7 Å². The molecule has 0 aliphatic rings. The minimum Gasteiger partial charge on any atom is -0.265 e. The molecule has 0 saturated heterocycles. The van der Waals surface area contributed by atoms with Gasteiger partial charge in [0.2, 0.25) is 0 Å². The predicted molar refractivity (Wildman–Crippen MR) is 105 cm³/mol. The van der Waals surface area contributed by atoms with E-state index in [9.17, 15) is 0 Å². The first-order valence-electron chi connectivity index (χ1n) is 8.79. The first-order valence-corrected chi connectivity index (χ1v) is 10.7. The molecule has 0 radical (unpaired) electrons. The minimum absolute atomic E-state index is 0.00709. The van der Waals surface area contributed by atoms with Crippen LogP contribution in [0.2, 0.25) is 0 Å². The lowest BCUT2D eigenvalue weighted by Crippen LogP contribution is -2.03. The van der Waals surface area contributed by atoms with Gasteiger partial charge < -0.3 is 0 Å². The van der Waals surface area contributed by atoms with Gasteiger partial charge in [-0.25, -0.2) is 0 Å². The van der Waals surface area contributed by atoms with Crippen molar-refractivity contribution in [2.24, 2.45) is 0 Å². The van der Waals surface area contributed by atoms with Crippen molar-refractivity contribution in [1.82, 2.24) is 15.0 Å². The Morgan fingerprint density at radius 2 is 0.760 bits per heavy atom. The molecule has 0 aliphatic heterocycles. The fourth-order valence-corrected chi connectivity index (χ4v) is 5.24. The van der Waals surface area contributed by atoms with Gasteiger partial charge in [-0.3, -0.25) is 15.0 Å². The highest BCUT2D eigenvalue weighted by Gasteiger charge is 2.09. The van der Waals surface area contributed by atoms with Crippen LogP contribution in [-0.2, 0) is 19.3 Å². The third kappa shape index (κ3) is 6.36. The van der Waals surface area contributed by atoms with E-state index in [1.165, 1.54) is 35.2 Å². The van der Waals surface area contributed by atoms with Gasteiger partial charge in [-0.1, -0.05) is 0 Å². The zero-order chi connectivity index (χ0) is 17.2. The molecular weight excluding hydrogens is 325 g/mol. The van der Waals surface area contributed by atoms with E-state index in [2.05, 4.69) is 51.4 Å². The average molecular weight is 349 g/mol. The first-order chi connectivity index (χ1) is 12.4. The van der Waals surface area contributed by atoms with Gasteiger partial charge in [0.05, 0.1) is 0 Å². The number of hydrogen-bond donors (Lipinski definition) is 0. The number of pyridine rings is 3. The molecule has 25 heavy (non-hydrogen) atoms. The van der Waals surface area contributed by atoms with Crippen molar-refractivity contribution in [3.8, 4) is 0 Å². The largest absolute Gasteiger partial charge is 0.265 e. The summed E-state index contributed by atoms with van der Waals surface area (Å²) in [6.07, 6.45) is 18.7. The van der Waals surface area contributed by atoms with Crippen molar-refractivity contribution in [3.05, 3.63) is 90.3 Å². The molecule has 0 N–H and O–H groups in total. The summed E-state index contributed by atoms with van der Waals surface area (Å²) < 4.78 is 0. The van der Waals surface area contributed by atoms with E-state index >= 15 is 0 Å². The fraction of sp³-hybridized carbons (Fsp3) is 0.286. The smallest absolute Gasteiger partial charge is 0.0270 e. The number of aromatic nitrogens is 3. The van der Waals surface area contributed by atoms with E-state index in [1.54, 1.807) is 0 Å². The van der Waals surface area contributed by atoms with E-state index in [4.69, 9.17) is 0 Å². The molecule has 3 rings (SSSR count). The molecule has 3 aromatic heterocycles. The highest BCUT2D eigenvalue weighted by atomic mass is 31.1. The normalized spacial score (nSPS) is 10.9. The van der Waals surface area contributed by atoms with Crippen LogP contribution in [0.15, 0.2) is 73.6 Å². The molecule has 0 saturated carbocycles. The Labute approximate surface area is 151 Å². The number of nitrogens with zero attached hydrogens (tertiary/aromatic N) is 3. The molecule has 128 valence electrons. The monoisotopic (exact) mass is 349 g/mol. The molecule has 0 bridgehead atoms. The maximum absolute atomic E-state index is 4.12. The Morgan fingerprint density at radius 1 is 0.480 bits per heavy atom. The van der Waals surface area contributed by atoms with Crippen LogP contribution in [0, 0.1) is 0 Å². The van der Waals surface area contributed by atoms with Gasteiger partial charge in [-0.05, 0) is 90.8 Å². The number of aryl methyl sites for hydroxylation is 3. The summed E-state index contributed by atoms with van der Waals surface area (Å²) in [4.78, 5) is 12.4. The lowest BCUT2D eigenvalue weighted by molar-refractivity contribution is 1.05. The van der Waals surface area contributed by atoms with Crippen molar-refractivity contribution in [3.63, 3.8) is 0 Å². The van der Waals surface area contributed by atoms with Gasteiger partial charge in [0.15, 0.2) is 0 Å². The first kappa shape index (κ1) is 17.7. The molecule has 0 fully saturated rings. The van der Waals surface area contributed by atoms with Gasteiger partial charge in [0.1, 0.15) is 0 Å². The van der Waals surface area contributed by atoms with Crippen molar-refractivity contribution < 1.29 is 0 Å². The van der Waals surface area contributed by atoms with E-state index < -0.39 is 0 Å². The Balaban J connectivity index is 1.56. The van der Waals surface area contributed by atoms with Gasteiger partial charge in [0, 0.05) is 37.2 Å². The lowest BCUT2D eigenvalue weighted by atomic mass is 10.2. The summed E-state index contributed by atoms with van der Waals surface area (Å²) in [5.41, 5.74) is 4.20. The molecule has 4 heteroatoms. The highest BCUT2D eigenvalue weighted by molar-refractivity contribution is 7.57. The van der Waals surface area contributed by atoms with E-state index in [-0.39, 0.29) is 7.92 Å². The van der Waals surface area contributed by atoms with Crippen LogP contribution in [0.5, 0.6) is 0 Å². The summed E-state index contributed by atoms with van der Waals surface area (Å²) in [6.45, 7) is 0. The summed E-state index contributed by atoms with van der Waals surface area (Å²) in [5.74, 6) is 0. The summed E-state index contributed by atoms with van der Waals surface area (Å²) in [5, 5.41) is 0. The topological polar surface area (TPSA) is 38.7 Å². The summed E-state index contributed by atoms with van der Waals surface area (Å²) in [7, 11) is 0.00709. The quantitative estimate of drug-likeness (QED) is 0.538. The standard InChI is InChI=1S/C21H24N3P/c1-10-22-11-2-19(1)7-16-25(17-8-20-3-12-23-13-4-20)18-9-21-5-14-24-15-6-21/h1-6,10-15H,7-9,16-18H2. The Kier molecular flexibility index (Phi) is 7.08. The minimum atomic E-state index is 0.00709. The van der Waals surface area contributed by atoms with Gasteiger partial charge in [-0.2, -0.15) is 0 Å². The predicted octanol–water partition coefficient (Wildman–Crippen LogP) is 4.38. The van der Waals surface area contributed by atoms with Crippen LogP contribution in [0.3, 0.4) is 0 Å². The zero-order valence-electron chi connectivity index (χ0n) is 14.5. The second kappa shape index (κ2) is 10.0. The molecule has 3 heterocycles. The Bertz CT molecular complexity index is 616. The number of hydrogen-bond acceptors (Lipinski definition) is 3. The second-order valence-corrected chi connectivity index (χ2v) is 8.84. The Hall–Kier alpha value is -2.12. The van der Waals surface area contributed by atoms with Crippen molar-refractivity contribution in [2.45, 2.75) is 19.3 Å². The van der Waals surface area contributed by atoms with Gasteiger partial charge in [0.25, 0.3) is 0 Å². The molecule has 0 unspecified atom stereocenters. The summed E-state index contributed by atoms with van der Waals surface area (Å²) in [6, 6.07) is 12.8. The zero-order valence-corrected chi connectivity index (χ0v) is 15.4. The number of rotatable bonds is 9. The molecule has 3 aromatic rings. The fourth-order valence-electron chi connectivity index (χ4n) is 2.85. The SMILES string of the molecule is c1cc(CCP(CCc2ccncc2)CCc2ccncc2)ccn1. The maximum atomic E-state index is 4.12. The van der Waals surface area contributed by atoms with Crippen LogP contribution in [-0.4, -0.2) is 33.4 Å². The van der Waals surface area contributed by atoms with Crippen LogP contribution >= 0.6 is 7.92 Å². The molecule has 3 nitrogen and oxygen atoms in total. The van der Waals surface area contributed by atoms with Crippen LogP contribution < -0.4 is 0 Å². The van der Waals surface area contributed by atoms with Crippen molar-refractivity contribution in [2.75, 3.05) is 18.5 Å². The summed E-state index contributed by atoms with van der Waals surface area (Å²) >= 11 is 0. The van der Waals surface area contributed by atoms with Crippen LogP contribution in [0.4, 0.5) is 0 Å². The molecule has 0 amide bonds. The third-order valence-corrected chi connectivity index (χ3v) is 6.97. The molecule has 0 aromatic carbocycles. The molecule has 0 spiro atoms. The van der Waals surface area contributed by atoms with E-state index in [0.717, 1.165) is 19.3 Å². The maximum Gasteiger partial charge on any atom is 0.0270 e. The van der Waals surface area contributed by atoms with E-state index in [0.29, 0.717) is 0 Å². The molecular formula is C21H24N3P. The lowest BCUT2D eigenvalue weighted by Gasteiger charge is -2.18. The molecule has 0 atom stereocenters. The van der Waals surface area contributed by atoms with Gasteiger partial charge in [-0.15, -0.1) is 7.92 Å². The average Bonchev–Trinajstić information content (AvgIpc) is 2.70. The highest BCUT2D eigenvalue weighted by Crippen LogP contribution is 2.37. The van der Waals surface area contributed by atoms with Crippen molar-refractivity contribution >= 4 is 7.92 Å². The third-order valence-electron chi connectivity index (χ3n) is 4.40. The van der Waals surface area contributed by atoms with Crippen molar-refractivity contribution in [1.29, 1.82) is 0 Å². The second-order valence-electron chi connectivity index (χ2n) is 6.16. The Morgan fingerprint density at radius 3 is 1.04 bits per heavy atom. The van der Waals surface area contributed by atoms with Crippen LogP contribution in [0.25, 0.3) is 0 Å². The van der Waals surface area contributed by atoms with Gasteiger partial charge >= 0.3 is 0 Å². The molecule has 0 aliphatic carbocycles.